The maximum Gasteiger partial charge on any atom is 0.330 e. The molecule has 25 heavy (non-hydrogen) atoms. The number of H-pyrrole nitrogens is 1. The summed E-state index contributed by atoms with van der Waals surface area (Å²) in [6.45, 7) is 5.55. The van der Waals surface area contributed by atoms with E-state index in [0.29, 0.717) is 18.4 Å². The molecule has 2 fully saturated rings. The van der Waals surface area contributed by atoms with E-state index in [9.17, 15) is 14.4 Å². The molecule has 0 aliphatic carbocycles. The molecule has 1 aromatic heterocycles. The Morgan fingerprint density at radius 3 is 2.84 bits per heavy atom. The zero-order chi connectivity index (χ0) is 17.8. The zero-order valence-corrected chi connectivity index (χ0v) is 14.3. The third-order valence-corrected chi connectivity index (χ3v) is 4.53. The van der Waals surface area contributed by atoms with Crippen LogP contribution in [0.3, 0.4) is 0 Å². The van der Waals surface area contributed by atoms with Gasteiger partial charge in [-0.3, -0.25) is 24.0 Å². The third kappa shape index (κ3) is 4.56. The van der Waals surface area contributed by atoms with Crippen LogP contribution in [0, 0.1) is 6.92 Å². The van der Waals surface area contributed by atoms with Gasteiger partial charge in [0.15, 0.2) is 0 Å². The van der Waals surface area contributed by atoms with Gasteiger partial charge < -0.3 is 14.8 Å². The van der Waals surface area contributed by atoms with E-state index in [1.807, 2.05) is 0 Å². The Kier molecular flexibility index (Phi) is 5.67. The summed E-state index contributed by atoms with van der Waals surface area (Å²) in [4.78, 5) is 39.6. The number of aromatic amines is 1. The van der Waals surface area contributed by atoms with Gasteiger partial charge in [0.1, 0.15) is 12.8 Å². The topological polar surface area (TPSA) is 106 Å². The molecule has 138 valence electrons. The standard InChI is InChI=1S/C16H24N4O5/c1-11-8-20(16(23)18-15(11)22)13-3-2-12(25-13)10-24-14(21)9-19-6-4-17-5-7-19/h8,12-13,17H,2-7,9-10H2,1H3,(H,18,22,23). The summed E-state index contributed by atoms with van der Waals surface area (Å²) in [6.07, 6.45) is 2.14. The number of aromatic nitrogens is 2. The molecule has 0 aromatic carbocycles. The van der Waals surface area contributed by atoms with E-state index < -0.39 is 17.5 Å². The van der Waals surface area contributed by atoms with Crippen LogP contribution in [0.25, 0.3) is 0 Å². The van der Waals surface area contributed by atoms with Crippen molar-refractivity contribution >= 4 is 5.97 Å². The minimum Gasteiger partial charge on any atom is -0.462 e. The molecule has 2 atom stereocenters. The monoisotopic (exact) mass is 352 g/mol. The minimum absolute atomic E-state index is 0.179. The number of nitrogens with one attached hydrogen (secondary N) is 2. The molecular formula is C16H24N4O5. The first-order valence-electron chi connectivity index (χ1n) is 8.59. The predicted molar refractivity (Wildman–Crippen MR) is 89.5 cm³/mol. The molecule has 2 N–H and O–H groups in total. The van der Waals surface area contributed by atoms with E-state index in [1.54, 1.807) is 6.92 Å². The van der Waals surface area contributed by atoms with Crippen LogP contribution in [0.4, 0.5) is 0 Å². The summed E-state index contributed by atoms with van der Waals surface area (Å²) >= 11 is 0. The zero-order valence-electron chi connectivity index (χ0n) is 14.3. The molecule has 2 unspecified atom stereocenters. The number of esters is 1. The van der Waals surface area contributed by atoms with Gasteiger partial charge in [-0.2, -0.15) is 0 Å². The van der Waals surface area contributed by atoms with Crippen LogP contribution in [0.15, 0.2) is 15.8 Å². The lowest BCUT2D eigenvalue weighted by Gasteiger charge is -2.26. The summed E-state index contributed by atoms with van der Waals surface area (Å²) in [5, 5.41) is 3.23. The number of carbonyl (C=O) groups is 1. The van der Waals surface area contributed by atoms with Crippen molar-refractivity contribution in [3.8, 4) is 0 Å². The number of hydrogen-bond donors (Lipinski definition) is 2. The fourth-order valence-electron chi connectivity index (χ4n) is 3.10. The number of ether oxygens (including phenoxy) is 2. The molecule has 0 radical (unpaired) electrons. The Morgan fingerprint density at radius 1 is 1.32 bits per heavy atom. The normalized spacial score (nSPS) is 24.4. The van der Waals surface area contributed by atoms with Gasteiger partial charge in [-0.15, -0.1) is 0 Å². The maximum absolute atomic E-state index is 11.9. The Morgan fingerprint density at radius 2 is 2.08 bits per heavy atom. The molecule has 1 aromatic rings. The molecule has 2 aliphatic rings. The van der Waals surface area contributed by atoms with E-state index in [-0.39, 0.29) is 25.2 Å². The summed E-state index contributed by atoms with van der Waals surface area (Å²) < 4.78 is 12.5. The van der Waals surface area contributed by atoms with Crippen LogP contribution >= 0.6 is 0 Å². The van der Waals surface area contributed by atoms with E-state index >= 15 is 0 Å². The van der Waals surface area contributed by atoms with Crippen molar-refractivity contribution < 1.29 is 14.3 Å². The third-order valence-electron chi connectivity index (χ3n) is 4.53. The Hall–Kier alpha value is -1.97. The minimum atomic E-state index is -0.489. The fraction of sp³-hybridized carbons (Fsp3) is 0.688. The van der Waals surface area contributed by atoms with Crippen LogP contribution in [-0.4, -0.2) is 65.9 Å². The van der Waals surface area contributed by atoms with Crippen molar-refractivity contribution in [2.75, 3.05) is 39.3 Å². The molecule has 3 rings (SSSR count). The molecular weight excluding hydrogens is 328 g/mol. The molecule has 0 spiro atoms. The maximum atomic E-state index is 11.9. The van der Waals surface area contributed by atoms with E-state index in [0.717, 1.165) is 26.2 Å². The van der Waals surface area contributed by atoms with E-state index in [2.05, 4.69) is 15.2 Å². The summed E-state index contributed by atoms with van der Waals surface area (Å²) in [6, 6.07) is 0. The smallest absolute Gasteiger partial charge is 0.330 e. The largest absolute Gasteiger partial charge is 0.462 e. The first kappa shape index (κ1) is 17.8. The van der Waals surface area contributed by atoms with Crippen LogP contribution < -0.4 is 16.6 Å². The van der Waals surface area contributed by atoms with E-state index in [1.165, 1.54) is 10.8 Å². The highest BCUT2D eigenvalue weighted by molar-refractivity contribution is 5.71. The van der Waals surface area contributed by atoms with Gasteiger partial charge in [0.05, 0.1) is 12.6 Å². The SMILES string of the molecule is Cc1cn(C2CCC(COC(=O)CN3CCNCC3)O2)c(=O)[nH]c1=O. The van der Waals surface area contributed by atoms with Crippen LogP contribution in [0.5, 0.6) is 0 Å². The van der Waals surface area contributed by atoms with Crippen molar-refractivity contribution in [2.45, 2.75) is 32.1 Å². The average Bonchev–Trinajstić information content (AvgIpc) is 3.06. The van der Waals surface area contributed by atoms with Gasteiger partial charge in [0, 0.05) is 37.9 Å². The highest BCUT2D eigenvalue weighted by atomic mass is 16.6. The lowest BCUT2D eigenvalue weighted by atomic mass is 10.2. The van der Waals surface area contributed by atoms with Crippen LogP contribution in [0.2, 0.25) is 0 Å². The van der Waals surface area contributed by atoms with Crippen LogP contribution in [0.1, 0.15) is 24.6 Å². The second-order valence-electron chi connectivity index (χ2n) is 6.48. The number of piperazine rings is 1. The molecule has 3 heterocycles. The number of aryl methyl sites for hydroxylation is 1. The highest BCUT2D eigenvalue weighted by Gasteiger charge is 2.28. The average molecular weight is 352 g/mol. The molecule has 2 saturated heterocycles. The second kappa shape index (κ2) is 7.94. The summed E-state index contributed by atoms with van der Waals surface area (Å²) in [7, 11) is 0. The predicted octanol–water partition coefficient (Wildman–Crippen LogP) is -1.03. The van der Waals surface area contributed by atoms with Crippen molar-refractivity contribution in [1.29, 1.82) is 0 Å². The van der Waals surface area contributed by atoms with Gasteiger partial charge >= 0.3 is 11.7 Å². The number of rotatable bonds is 5. The molecule has 0 amide bonds. The molecule has 0 bridgehead atoms. The molecule has 0 saturated carbocycles. The molecule has 9 heteroatoms. The van der Waals surface area contributed by atoms with Gasteiger partial charge in [-0.1, -0.05) is 0 Å². The first-order chi connectivity index (χ1) is 12.0. The quantitative estimate of drug-likeness (QED) is 0.653. The Balaban J connectivity index is 1.48. The van der Waals surface area contributed by atoms with Gasteiger partial charge in [-0.25, -0.2) is 4.79 Å². The van der Waals surface area contributed by atoms with Crippen molar-refractivity contribution in [2.24, 2.45) is 0 Å². The summed E-state index contributed by atoms with van der Waals surface area (Å²) in [5.74, 6) is -0.258. The van der Waals surface area contributed by atoms with Crippen molar-refractivity contribution in [3.63, 3.8) is 0 Å². The van der Waals surface area contributed by atoms with Crippen molar-refractivity contribution in [1.82, 2.24) is 19.8 Å². The molecule has 2 aliphatic heterocycles. The number of hydrogen-bond acceptors (Lipinski definition) is 7. The second-order valence-corrected chi connectivity index (χ2v) is 6.48. The molecule has 9 nitrogen and oxygen atoms in total. The lowest BCUT2D eigenvalue weighted by Crippen LogP contribution is -2.45. The fourth-order valence-corrected chi connectivity index (χ4v) is 3.10. The van der Waals surface area contributed by atoms with Crippen LogP contribution in [-0.2, 0) is 14.3 Å². The number of nitrogens with zero attached hydrogens (tertiary/aromatic N) is 2. The van der Waals surface area contributed by atoms with Gasteiger partial charge in [0.25, 0.3) is 5.56 Å². The highest BCUT2D eigenvalue weighted by Crippen LogP contribution is 2.27. The van der Waals surface area contributed by atoms with Crippen molar-refractivity contribution in [3.05, 3.63) is 32.6 Å². The Labute approximate surface area is 144 Å². The first-order valence-corrected chi connectivity index (χ1v) is 8.59. The van der Waals surface area contributed by atoms with E-state index in [4.69, 9.17) is 9.47 Å². The lowest BCUT2D eigenvalue weighted by molar-refractivity contribution is -0.149. The van der Waals surface area contributed by atoms with Gasteiger partial charge in [0.2, 0.25) is 0 Å². The number of carbonyl (C=O) groups excluding carboxylic acids is 1. The summed E-state index contributed by atoms with van der Waals surface area (Å²) in [5.41, 5.74) is -0.427. The van der Waals surface area contributed by atoms with Gasteiger partial charge in [-0.05, 0) is 19.8 Å². The Bertz CT molecular complexity index is 722.